The van der Waals surface area contributed by atoms with Crippen molar-refractivity contribution < 1.29 is 16.4 Å². The molecule has 0 amide bonds. The average Bonchev–Trinajstić information content (AvgIpc) is 2.05. The second kappa shape index (κ2) is 12.4. The van der Waals surface area contributed by atoms with Crippen LogP contribution in [0.15, 0.2) is 48.5 Å². The molecule has 2 aromatic rings. The third-order valence-electron chi connectivity index (χ3n) is 1.66. The van der Waals surface area contributed by atoms with Crippen molar-refractivity contribution in [3.63, 3.8) is 0 Å². The molecule has 0 N–H and O–H groups in total. The Bertz CT molecular complexity index is 290. The van der Waals surface area contributed by atoms with Crippen LogP contribution in [0.3, 0.4) is 0 Å². The van der Waals surface area contributed by atoms with E-state index in [-0.39, 0.29) is 68.1 Å². The Hall–Kier alpha value is 0.320. The van der Waals surface area contributed by atoms with Gasteiger partial charge in [0, 0.05) is 0 Å². The minimum atomic E-state index is 0. The third-order valence-corrected chi connectivity index (χ3v) is 1.66. The number of fused-ring (bicyclic) bond motifs is 1. The van der Waals surface area contributed by atoms with Gasteiger partial charge in [-0.3, -0.25) is 0 Å². The van der Waals surface area contributed by atoms with Crippen LogP contribution in [-0.2, 0) is 16.4 Å². The predicted molar refractivity (Wildman–Crippen MR) is 57.5 cm³/mol. The molecular formula is C10H8In2O3. The van der Waals surface area contributed by atoms with Gasteiger partial charge in [-0.1, -0.05) is 48.5 Å². The van der Waals surface area contributed by atoms with Gasteiger partial charge in [-0.05, 0) is 10.8 Å². The number of rotatable bonds is 0. The van der Waals surface area contributed by atoms with Crippen LogP contribution in [0.1, 0.15) is 0 Å². The molecule has 0 aliphatic heterocycles. The van der Waals surface area contributed by atoms with E-state index >= 15 is 0 Å². The molecule has 0 aliphatic carbocycles. The Morgan fingerprint density at radius 1 is 0.467 bits per heavy atom. The zero-order valence-corrected chi connectivity index (χ0v) is 14.6. The molecule has 0 atom stereocenters. The Labute approximate surface area is 126 Å². The van der Waals surface area contributed by atoms with Crippen LogP contribution in [0.25, 0.3) is 10.8 Å². The monoisotopic (exact) mass is 406 g/mol. The largest absolute Gasteiger partial charge is 3.00 e. The first-order chi connectivity index (χ1) is 4.97. The summed E-state index contributed by atoms with van der Waals surface area (Å²) in [5.41, 5.74) is 0. The summed E-state index contributed by atoms with van der Waals surface area (Å²) in [4.78, 5) is 0. The molecule has 0 heterocycles. The topological polar surface area (TPSA) is 85.5 Å². The van der Waals surface area contributed by atoms with Gasteiger partial charge in [-0.2, -0.15) is 0 Å². The molecule has 0 spiro atoms. The summed E-state index contributed by atoms with van der Waals surface area (Å²) < 4.78 is 0. The number of hydrogen-bond donors (Lipinski definition) is 0. The Morgan fingerprint density at radius 3 is 0.867 bits per heavy atom. The SMILES string of the molecule is [In+3].[In+3].[O-2].[O-2].[O-2].c1ccc2ccccc2c1. The van der Waals surface area contributed by atoms with Gasteiger partial charge in [0.25, 0.3) is 0 Å². The fraction of sp³-hybridized carbons (Fsp3) is 0. The molecule has 0 saturated heterocycles. The maximum Gasteiger partial charge on any atom is 3.00 e. The van der Waals surface area contributed by atoms with Crippen molar-refractivity contribution in [2.24, 2.45) is 0 Å². The van der Waals surface area contributed by atoms with E-state index in [4.69, 9.17) is 0 Å². The number of benzene rings is 2. The van der Waals surface area contributed by atoms with Gasteiger partial charge in [-0.25, -0.2) is 0 Å². The van der Waals surface area contributed by atoms with E-state index in [1.54, 1.807) is 0 Å². The van der Waals surface area contributed by atoms with Crippen molar-refractivity contribution in [2.45, 2.75) is 0 Å². The molecule has 3 nitrogen and oxygen atoms in total. The van der Waals surface area contributed by atoms with Crippen LogP contribution >= 0.6 is 0 Å². The van der Waals surface area contributed by atoms with Crippen molar-refractivity contribution in [3.05, 3.63) is 48.5 Å². The fourth-order valence-corrected chi connectivity index (χ4v) is 1.13. The second-order valence-electron chi connectivity index (χ2n) is 2.35. The minimum Gasteiger partial charge on any atom is -2.00 e. The Morgan fingerprint density at radius 2 is 0.667 bits per heavy atom. The summed E-state index contributed by atoms with van der Waals surface area (Å²) in [6.07, 6.45) is 0. The third kappa shape index (κ3) is 6.48. The Kier molecular flexibility index (Phi) is 20.3. The zero-order valence-electron chi connectivity index (χ0n) is 8.00. The molecule has 0 bridgehead atoms. The van der Waals surface area contributed by atoms with Crippen molar-refractivity contribution in [1.29, 1.82) is 0 Å². The molecule has 72 valence electrons. The average molecular weight is 406 g/mol. The normalized spacial score (nSPS) is 6.67. The molecule has 0 saturated carbocycles. The molecule has 0 aliphatic rings. The zero-order chi connectivity index (χ0) is 6.81. The van der Waals surface area contributed by atoms with Crippen LogP contribution in [0.2, 0.25) is 0 Å². The van der Waals surface area contributed by atoms with Gasteiger partial charge in [0.1, 0.15) is 0 Å². The van der Waals surface area contributed by atoms with Gasteiger partial charge in [0.05, 0.1) is 0 Å². The molecule has 2 aromatic carbocycles. The van der Waals surface area contributed by atoms with E-state index in [1.807, 2.05) is 0 Å². The molecular weight excluding hydrogens is 398 g/mol. The van der Waals surface area contributed by atoms with Crippen molar-refractivity contribution in [1.82, 2.24) is 0 Å². The Balaban J connectivity index is -0.000000121. The molecule has 5 heteroatoms. The maximum absolute atomic E-state index is 2.12. The standard InChI is InChI=1S/C10H8.2In.3O/c1-2-6-10-8-4-3-7-9(10)5-1;;;;;/h1-8H;;;;;/q;2*+3;3*-2. The second-order valence-corrected chi connectivity index (χ2v) is 2.35. The quantitative estimate of drug-likeness (QED) is 0.639. The van der Waals surface area contributed by atoms with Gasteiger partial charge < -0.3 is 16.4 Å². The summed E-state index contributed by atoms with van der Waals surface area (Å²) in [6.45, 7) is 0. The predicted octanol–water partition coefficient (Wildman–Crippen LogP) is 1.72. The van der Waals surface area contributed by atoms with Gasteiger partial charge in [0.2, 0.25) is 0 Å². The van der Waals surface area contributed by atoms with E-state index < -0.39 is 0 Å². The van der Waals surface area contributed by atoms with Gasteiger partial charge >= 0.3 is 51.7 Å². The van der Waals surface area contributed by atoms with E-state index in [0.29, 0.717) is 0 Å². The van der Waals surface area contributed by atoms with Crippen molar-refractivity contribution >= 4 is 62.5 Å². The van der Waals surface area contributed by atoms with Crippen LogP contribution < -0.4 is 0 Å². The summed E-state index contributed by atoms with van der Waals surface area (Å²) in [7, 11) is 0. The summed E-state index contributed by atoms with van der Waals surface area (Å²) >= 11 is 0. The molecule has 0 aromatic heterocycles. The van der Waals surface area contributed by atoms with E-state index in [0.717, 1.165) is 0 Å². The summed E-state index contributed by atoms with van der Waals surface area (Å²) in [6, 6.07) is 16.7. The van der Waals surface area contributed by atoms with Crippen LogP contribution in [-0.4, -0.2) is 51.7 Å². The van der Waals surface area contributed by atoms with Crippen LogP contribution in [0.4, 0.5) is 0 Å². The summed E-state index contributed by atoms with van der Waals surface area (Å²) in [5.74, 6) is 0. The first kappa shape index (κ1) is 24.5. The molecule has 0 radical (unpaired) electrons. The van der Waals surface area contributed by atoms with E-state index in [9.17, 15) is 0 Å². The van der Waals surface area contributed by atoms with Crippen molar-refractivity contribution in [2.75, 3.05) is 0 Å². The van der Waals surface area contributed by atoms with Gasteiger partial charge in [-0.15, -0.1) is 0 Å². The first-order valence-electron chi connectivity index (χ1n) is 3.40. The van der Waals surface area contributed by atoms with E-state index in [2.05, 4.69) is 48.5 Å². The molecule has 0 fully saturated rings. The van der Waals surface area contributed by atoms with Crippen molar-refractivity contribution in [3.8, 4) is 0 Å². The van der Waals surface area contributed by atoms with Gasteiger partial charge in [0.15, 0.2) is 0 Å². The maximum atomic E-state index is 2.12. The van der Waals surface area contributed by atoms with Crippen LogP contribution in [0, 0.1) is 0 Å². The fourth-order valence-electron chi connectivity index (χ4n) is 1.13. The molecule has 15 heavy (non-hydrogen) atoms. The summed E-state index contributed by atoms with van der Waals surface area (Å²) in [5, 5.41) is 2.62. The van der Waals surface area contributed by atoms with E-state index in [1.165, 1.54) is 10.8 Å². The van der Waals surface area contributed by atoms with Crippen LogP contribution in [0.5, 0.6) is 0 Å². The smallest absolute Gasteiger partial charge is 2.00 e. The number of hydrogen-bond acceptors (Lipinski definition) is 0. The molecule has 2 rings (SSSR count). The first-order valence-corrected chi connectivity index (χ1v) is 3.40. The minimum absolute atomic E-state index is 0. The molecule has 0 unspecified atom stereocenters.